The first-order chi connectivity index (χ1) is 9.18. The van der Waals surface area contributed by atoms with E-state index in [0.29, 0.717) is 24.8 Å². The van der Waals surface area contributed by atoms with Crippen molar-refractivity contribution in [2.45, 2.75) is 57.4 Å². The SMILES string of the molecule is O=C(O)C1CCCCCN1C(=O)C(C1CC1)C1CC1. The Bertz CT molecular complexity index is 362. The second-order valence-corrected chi connectivity index (χ2v) is 6.44. The van der Waals surface area contributed by atoms with Crippen LogP contribution in [0.15, 0.2) is 0 Å². The summed E-state index contributed by atoms with van der Waals surface area (Å²) in [7, 11) is 0. The van der Waals surface area contributed by atoms with Crippen LogP contribution >= 0.6 is 0 Å². The zero-order valence-electron chi connectivity index (χ0n) is 11.4. The number of nitrogens with zero attached hydrogens (tertiary/aromatic N) is 1. The van der Waals surface area contributed by atoms with Crippen molar-refractivity contribution in [2.75, 3.05) is 6.54 Å². The molecule has 0 bridgehead atoms. The van der Waals surface area contributed by atoms with Gasteiger partial charge in [-0.1, -0.05) is 12.8 Å². The Morgan fingerprint density at radius 3 is 2.11 bits per heavy atom. The molecule has 106 valence electrons. The zero-order valence-corrected chi connectivity index (χ0v) is 11.4. The number of carbonyl (C=O) groups excluding carboxylic acids is 1. The fourth-order valence-corrected chi connectivity index (χ4v) is 3.52. The van der Waals surface area contributed by atoms with Crippen LogP contribution in [-0.4, -0.2) is 34.5 Å². The molecule has 0 aromatic rings. The van der Waals surface area contributed by atoms with E-state index in [0.717, 1.165) is 19.3 Å². The maximum absolute atomic E-state index is 12.8. The molecule has 1 atom stereocenters. The minimum atomic E-state index is -0.819. The Morgan fingerprint density at radius 2 is 1.58 bits per heavy atom. The Hall–Kier alpha value is -1.06. The van der Waals surface area contributed by atoms with Crippen molar-refractivity contribution in [3.05, 3.63) is 0 Å². The van der Waals surface area contributed by atoms with Crippen molar-refractivity contribution in [3.8, 4) is 0 Å². The first-order valence-corrected chi connectivity index (χ1v) is 7.72. The molecule has 2 aliphatic carbocycles. The monoisotopic (exact) mass is 265 g/mol. The molecule has 1 N–H and O–H groups in total. The molecule has 3 aliphatic rings. The average Bonchev–Trinajstić information content (AvgIpc) is 3.24. The minimum absolute atomic E-state index is 0.139. The van der Waals surface area contributed by atoms with Gasteiger partial charge in [-0.15, -0.1) is 0 Å². The molecule has 1 aliphatic heterocycles. The third-order valence-electron chi connectivity index (χ3n) is 4.87. The highest BCUT2D eigenvalue weighted by Crippen LogP contribution is 2.50. The number of likely N-dealkylation sites (tertiary alicyclic amines) is 1. The van der Waals surface area contributed by atoms with Gasteiger partial charge in [0.1, 0.15) is 6.04 Å². The number of hydrogen-bond acceptors (Lipinski definition) is 2. The van der Waals surface area contributed by atoms with Crippen LogP contribution in [0.2, 0.25) is 0 Å². The smallest absolute Gasteiger partial charge is 0.326 e. The van der Waals surface area contributed by atoms with Crippen molar-refractivity contribution in [3.63, 3.8) is 0 Å². The molecule has 1 amide bonds. The molecule has 1 unspecified atom stereocenters. The number of carboxylic acid groups (broad SMARTS) is 1. The van der Waals surface area contributed by atoms with E-state index in [2.05, 4.69) is 0 Å². The number of carboxylic acids is 1. The van der Waals surface area contributed by atoms with E-state index in [1.165, 1.54) is 25.7 Å². The maximum atomic E-state index is 12.8. The summed E-state index contributed by atoms with van der Waals surface area (Å²) in [4.78, 5) is 25.9. The molecule has 3 rings (SSSR count). The molecule has 4 nitrogen and oxygen atoms in total. The predicted octanol–water partition coefficient (Wildman–Crippen LogP) is 2.28. The van der Waals surface area contributed by atoms with Gasteiger partial charge in [-0.05, 0) is 50.4 Å². The Morgan fingerprint density at radius 1 is 0.947 bits per heavy atom. The molecule has 0 aromatic heterocycles. The summed E-state index contributed by atoms with van der Waals surface area (Å²) in [5, 5.41) is 9.38. The summed E-state index contributed by atoms with van der Waals surface area (Å²) < 4.78 is 0. The standard InChI is InChI=1S/C15H23NO3/c17-14(13(10-5-6-10)11-7-8-11)16-9-3-1-2-4-12(16)15(18)19/h10-13H,1-9H2,(H,18,19). The third kappa shape index (κ3) is 2.77. The van der Waals surface area contributed by atoms with Crippen LogP contribution in [0.1, 0.15) is 51.4 Å². The largest absolute Gasteiger partial charge is 0.480 e. The Balaban J connectivity index is 1.76. The molecule has 0 aromatic carbocycles. The zero-order chi connectivity index (χ0) is 13.4. The van der Waals surface area contributed by atoms with Gasteiger partial charge in [-0.25, -0.2) is 4.79 Å². The van der Waals surface area contributed by atoms with Crippen molar-refractivity contribution >= 4 is 11.9 Å². The van der Waals surface area contributed by atoms with Gasteiger partial charge in [0.2, 0.25) is 5.91 Å². The topological polar surface area (TPSA) is 57.6 Å². The maximum Gasteiger partial charge on any atom is 0.326 e. The van der Waals surface area contributed by atoms with Gasteiger partial charge < -0.3 is 10.0 Å². The van der Waals surface area contributed by atoms with Gasteiger partial charge in [0.05, 0.1) is 0 Å². The fourth-order valence-electron chi connectivity index (χ4n) is 3.52. The van der Waals surface area contributed by atoms with Gasteiger partial charge in [-0.2, -0.15) is 0 Å². The predicted molar refractivity (Wildman–Crippen MR) is 70.5 cm³/mol. The quantitative estimate of drug-likeness (QED) is 0.848. The van der Waals surface area contributed by atoms with E-state index in [4.69, 9.17) is 0 Å². The Labute approximate surface area is 114 Å². The van der Waals surface area contributed by atoms with Crippen molar-refractivity contribution in [1.82, 2.24) is 4.90 Å². The van der Waals surface area contributed by atoms with Crippen LogP contribution in [0.25, 0.3) is 0 Å². The molecular weight excluding hydrogens is 242 g/mol. The van der Waals surface area contributed by atoms with E-state index >= 15 is 0 Å². The molecular formula is C15H23NO3. The summed E-state index contributed by atoms with van der Waals surface area (Å²) in [6.45, 7) is 0.645. The summed E-state index contributed by atoms with van der Waals surface area (Å²) in [5.41, 5.74) is 0. The number of carbonyl (C=O) groups is 2. The molecule has 4 heteroatoms. The molecule has 1 saturated heterocycles. The molecule has 3 fully saturated rings. The fraction of sp³-hybridized carbons (Fsp3) is 0.867. The summed E-state index contributed by atoms with van der Waals surface area (Å²) in [6, 6.07) is -0.574. The van der Waals surface area contributed by atoms with Crippen LogP contribution in [0.4, 0.5) is 0 Å². The van der Waals surface area contributed by atoms with Crippen molar-refractivity contribution in [1.29, 1.82) is 0 Å². The number of hydrogen-bond donors (Lipinski definition) is 1. The lowest BCUT2D eigenvalue weighted by atomic mass is 9.95. The van der Waals surface area contributed by atoms with Gasteiger partial charge in [0.15, 0.2) is 0 Å². The van der Waals surface area contributed by atoms with E-state index < -0.39 is 12.0 Å². The van der Waals surface area contributed by atoms with E-state index in [1.807, 2.05) is 0 Å². The summed E-state index contributed by atoms with van der Waals surface area (Å²) >= 11 is 0. The minimum Gasteiger partial charge on any atom is -0.480 e. The molecule has 19 heavy (non-hydrogen) atoms. The molecule has 2 saturated carbocycles. The first-order valence-electron chi connectivity index (χ1n) is 7.72. The van der Waals surface area contributed by atoms with Crippen molar-refractivity contribution < 1.29 is 14.7 Å². The van der Waals surface area contributed by atoms with Crippen LogP contribution < -0.4 is 0 Å². The third-order valence-corrected chi connectivity index (χ3v) is 4.87. The first kappa shape index (κ1) is 12.9. The van der Waals surface area contributed by atoms with E-state index in [1.54, 1.807) is 4.90 Å². The average molecular weight is 265 g/mol. The van der Waals surface area contributed by atoms with Crippen LogP contribution in [0.5, 0.6) is 0 Å². The lowest BCUT2D eigenvalue weighted by Gasteiger charge is -2.31. The van der Waals surface area contributed by atoms with E-state index in [-0.39, 0.29) is 11.8 Å². The summed E-state index contributed by atoms with van der Waals surface area (Å²) in [5.74, 6) is 0.579. The lowest BCUT2D eigenvalue weighted by Crippen LogP contribution is -2.48. The number of aliphatic carboxylic acids is 1. The van der Waals surface area contributed by atoms with Crippen molar-refractivity contribution in [2.24, 2.45) is 17.8 Å². The highest BCUT2D eigenvalue weighted by molar-refractivity contribution is 5.86. The highest BCUT2D eigenvalue weighted by Gasteiger charge is 2.48. The lowest BCUT2D eigenvalue weighted by molar-refractivity contribution is -0.152. The second-order valence-electron chi connectivity index (χ2n) is 6.44. The van der Waals surface area contributed by atoms with Crippen LogP contribution in [0, 0.1) is 17.8 Å². The van der Waals surface area contributed by atoms with Crippen LogP contribution in [0.3, 0.4) is 0 Å². The molecule has 1 heterocycles. The number of rotatable bonds is 4. The normalized spacial score (nSPS) is 28.3. The summed E-state index contributed by atoms with van der Waals surface area (Å²) in [6.07, 6.45) is 8.22. The molecule has 0 radical (unpaired) electrons. The van der Waals surface area contributed by atoms with Crippen LogP contribution in [-0.2, 0) is 9.59 Å². The number of amides is 1. The Kier molecular flexibility index (Phi) is 3.50. The van der Waals surface area contributed by atoms with Gasteiger partial charge >= 0.3 is 5.97 Å². The van der Waals surface area contributed by atoms with Gasteiger partial charge in [0.25, 0.3) is 0 Å². The molecule has 0 spiro atoms. The van der Waals surface area contributed by atoms with Gasteiger partial charge in [-0.3, -0.25) is 4.79 Å². The highest BCUT2D eigenvalue weighted by atomic mass is 16.4. The second kappa shape index (κ2) is 5.14. The van der Waals surface area contributed by atoms with Gasteiger partial charge in [0, 0.05) is 12.5 Å². The van der Waals surface area contributed by atoms with E-state index in [9.17, 15) is 14.7 Å².